The molecule has 0 aromatic heterocycles. The maximum atomic E-state index is 5.92. The van der Waals surface area contributed by atoms with Crippen molar-refractivity contribution in [2.75, 3.05) is 31.7 Å². The largest absolute Gasteiger partial charge is 0.494 e. The predicted molar refractivity (Wildman–Crippen MR) is 112 cm³/mol. The number of hydrogen-bond acceptors (Lipinski definition) is 4. The van der Waals surface area contributed by atoms with Crippen molar-refractivity contribution in [3.63, 3.8) is 0 Å². The highest BCUT2D eigenvalue weighted by molar-refractivity contribution is 5.62. The molecule has 3 unspecified atom stereocenters. The van der Waals surface area contributed by atoms with Crippen LogP contribution in [0.4, 0.5) is 5.69 Å². The normalized spacial score (nSPS) is 22.3. The summed E-state index contributed by atoms with van der Waals surface area (Å²) in [6.07, 6.45) is 5.73. The zero-order valence-corrected chi connectivity index (χ0v) is 16.7. The molecule has 0 radical (unpaired) electrons. The van der Waals surface area contributed by atoms with Crippen molar-refractivity contribution in [2.24, 2.45) is 5.92 Å². The van der Waals surface area contributed by atoms with Gasteiger partial charge in [0.25, 0.3) is 0 Å². The molecule has 1 aliphatic heterocycles. The molecule has 4 nitrogen and oxygen atoms in total. The lowest BCUT2D eigenvalue weighted by Gasteiger charge is -2.38. The summed E-state index contributed by atoms with van der Waals surface area (Å²) in [4.78, 5) is 0. The number of nitrogens with one attached hydrogen (secondary N) is 1. The van der Waals surface area contributed by atoms with Crippen molar-refractivity contribution in [2.45, 2.75) is 32.2 Å². The zero-order valence-electron chi connectivity index (χ0n) is 16.7. The minimum atomic E-state index is 0.236. The fourth-order valence-electron chi connectivity index (χ4n) is 4.36. The first-order valence-electron chi connectivity index (χ1n) is 10.3. The number of allylic oxidation sites excluding steroid dienone is 2. The number of ether oxygens (including phenoxy) is 3. The third kappa shape index (κ3) is 3.74. The summed E-state index contributed by atoms with van der Waals surface area (Å²) in [5.74, 6) is 2.76. The molecule has 0 fully saturated rings. The number of para-hydroxylation sites is 1. The molecule has 4 rings (SSSR count). The van der Waals surface area contributed by atoms with Gasteiger partial charge in [-0.3, -0.25) is 0 Å². The summed E-state index contributed by atoms with van der Waals surface area (Å²) < 4.78 is 17.2. The quantitative estimate of drug-likeness (QED) is 0.497. The highest BCUT2D eigenvalue weighted by atomic mass is 16.5. The first kappa shape index (κ1) is 18.9. The van der Waals surface area contributed by atoms with E-state index < -0.39 is 0 Å². The van der Waals surface area contributed by atoms with Crippen molar-refractivity contribution in [3.8, 4) is 11.5 Å². The van der Waals surface area contributed by atoms with Gasteiger partial charge in [-0.2, -0.15) is 0 Å². The van der Waals surface area contributed by atoms with Crippen LogP contribution < -0.4 is 14.8 Å². The van der Waals surface area contributed by atoms with Crippen LogP contribution in [0.2, 0.25) is 0 Å². The molecule has 0 spiro atoms. The molecule has 0 amide bonds. The van der Waals surface area contributed by atoms with Gasteiger partial charge in [0.2, 0.25) is 0 Å². The van der Waals surface area contributed by atoms with Gasteiger partial charge in [0, 0.05) is 23.8 Å². The molecule has 2 aliphatic rings. The molecule has 1 N–H and O–H groups in total. The lowest BCUT2D eigenvalue weighted by molar-refractivity contribution is 0.110. The topological polar surface area (TPSA) is 39.7 Å². The van der Waals surface area contributed by atoms with E-state index in [1.54, 1.807) is 0 Å². The number of anilines is 1. The molecule has 2 aromatic carbocycles. The van der Waals surface area contributed by atoms with Crippen LogP contribution in [0, 0.1) is 5.92 Å². The number of hydrogen-bond donors (Lipinski definition) is 1. The molecule has 1 aliphatic carbocycles. The van der Waals surface area contributed by atoms with Crippen molar-refractivity contribution in [1.82, 2.24) is 0 Å². The van der Waals surface area contributed by atoms with Crippen LogP contribution in [0.1, 0.15) is 43.4 Å². The monoisotopic (exact) mass is 379 g/mol. The van der Waals surface area contributed by atoms with E-state index in [2.05, 4.69) is 47.8 Å². The van der Waals surface area contributed by atoms with Crippen LogP contribution in [-0.4, -0.2) is 26.4 Å². The van der Waals surface area contributed by atoms with Crippen molar-refractivity contribution in [1.29, 1.82) is 0 Å². The molecule has 0 saturated carbocycles. The molecular formula is C24H29NO3. The summed E-state index contributed by atoms with van der Waals surface area (Å²) in [6, 6.07) is 15.0. The van der Waals surface area contributed by atoms with Gasteiger partial charge in [0.1, 0.15) is 18.1 Å². The Balaban J connectivity index is 1.60. The van der Waals surface area contributed by atoms with Crippen LogP contribution in [0.25, 0.3) is 0 Å². The van der Waals surface area contributed by atoms with E-state index in [0.717, 1.165) is 24.5 Å². The Morgan fingerprint density at radius 2 is 1.86 bits per heavy atom. The Bertz CT molecular complexity index is 832. The molecular weight excluding hydrogens is 350 g/mol. The summed E-state index contributed by atoms with van der Waals surface area (Å²) in [6.45, 7) is 6.62. The Labute approximate surface area is 167 Å². The fraction of sp³-hybridized carbons (Fsp3) is 0.417. The van der Waals surface area contributed by atoms with Gasteiger partial charge in [-0.05, 0) is 56.0 Å². The van der Waals surface area contributed by atoms with Gasteiger partial charge in [-0.15, -0.1) is 0 Å². The molecule has 0 bridgehead atoms. The van der Waals surface area contributed by atoms with Gasteiger partial charge in [-0.1, -0.05) is 30.4 Å². The van der Waals surface area contributed by atoms with E-state index in [9.17, 15) is 0 Å². The molecule has 0 saturated heterocycles. The van der Waals surface area contributed by atoms with Crippen LogP contribution >= 0.6 is 0 Å². The lowest BCUT2D eigenvalue weighted by atomic mass is 9.77. The maximum Gasteiger partial charge on any atom is 0.124 e. The van der Waals surface area contributed by atoms with Crippen LogP contribution in [0.5, 0.6) is 11.5 Å². The zero-order chi connectivity index (χ0) is 19.3. The van der Waals surface area contributed by atoms with Gasteiger partial charge in [0.05, 0.1) is 19.3 Å². The summed E-state index contributed by atoms with van der Waals surface area (Å²) >= 11 is 0. The minimum absolute atomic E-state index is 0.236. The SMILES string of the molecule is CCOCCOc1ccc2c(c1)C1C=CCC1C(c1ccccc1OCC)N2. The smallest absolute Gasteiger partial charge is 0.124 e. The van der Waals surface area contributed by atoms with Crippen molar-refractivity contribution < 1.29 is 14.2 Å². The van der Waals surface area contributed by atoms with E-state index in [0.29, 0.717) is 31.7 Å². The first-order valence-corrected chi connectivity index (χ1v) is 10.3. The fourth-order valence-corrected chi connectivity index (χ4v) is 4.36. The maximum absolute atomic E-state index is 5.92. The number of benzene rings is 2. The van der Waals surface area contributed by atoms with Crippen LogP contribution in [0.15, 0.2) is 54.6 Å². The highest BCUT2D eigenvalue weighted by Crippen LogP contribution is 2.51. The molecule has 28 heavy (non-hydrogen) atoms. The van der Waals surface area contributed by atoms with E-state index in [1.165, 1.54) is 16.8 Å². The Kier molecular flexibility index (Phi) is 5.87. The highest BCUT2D eigenvalue weighted by Gasteiger charge is 2.39. The second-order valence-corrected chi connectivity index (χ2v) is 7.24. The van der Waals surface area contributed by atoms with Gasteiger partial charge >= 0.3 is 0 Å². The van der Waals surface area contributed by atoms with E-state index >= 15 is 0 Å². The van der Waals surface area contributed by atoms with Crippen LogP contribution in [-0.2, 0) is 4.74 Å². The Hall–Kier alpha value is -2.46. The summed E-state index contributed by atoms with van der Waals surface area (Å²) in [5.41, 5.74) is 3.74. The Morgan fingerprint density at radius 3 is 2.71 bits per heavy atom. The third-order valence-corrected chi connectivity index (χ3v) is 5.59. The third-order valence-electron chi connectivity index (χ3n) is 5.59. The van der Waals surface area contributed by atoms with Gasteiger partial charge < -0.3 is 19.5 Å². The second-order valence-electron chi connectivity index (χ2n) is 7.24. The van der Waals surface area contributed by atoms with Crippen LogP contribution in [0.3, 0.4) is 0 Å². The number of rotatable bonds is 8. The number of fused-ring (bicyclic) bond motifs is 3. The van der Waals surface area contributed by atoms with Crippen molar-refractivity contribution in [3.05, 3.63) is 65.7 Å². The predicted octanol–water partition coefficient (Wildman–Crippen LogP) is 5.33. The van der Waals surface area contributed by atoms with Crippen molar-refractivity contribution >= 4 is 5.69 Å². The average Bonchev–Trinajstić information content (AvgIpc) is 3.22. The van der Waals surface area contributed by atoms with Gasteiger partial charge in [0.15, 0.2) is 0 Å². The molecule has 4 heteroatoms. The van der Waals surface area contributed by atoms with E-state index in [4.69, 9.17) is 14.2 Å². The molecule has 1 heterocycles. The van der Waals surface area contributed by atoms with E-state index in [-0.39, 0.29) is 6.04 Å². The summed E-state index contributed by atoms with van der Waals surface area (Å²) in [5, 5.41) is 3.79. The van der Waals surface area contributed by atoms with E-state index in [1.807, 2.05) is 26.0 Å². The average molecular weight is 380 g/mol. The second kappa shape index (κ2) is 8.70. The first-order chi connectivity index (χ1) is 13.8. The minimum Gasteiger partial charge on any atom is -0.494 e. The molecule has 148 valence electrons. The van der Waals surface area contributed by atoms with Gasteiger partial charge in [-0.25, -0.2) is 0 Å². The lowest BCUT2D eigenvalue weighted by Crippen LogP contribution is -2.29. The molecule has 2 aromatic rings. The Morgan fingerprint density at radius 1 is 0.964 bits per heavy atom. The molecule has 3 atom stereocenters. The standard InChI is InChI=1S/C24H29NO3/c1-3-26-14-15-28-17-12-13-22-21(16-17)18-9-7-10-19(18)24(25-22)20-8-5-6-11-23(20)27-4-2/h5-9,11-13,16,18-19,24-25H,3-4,10,14-15H2,1-2H3. The summed E-state index contributed by atoms with van der Waals surface area (Å²) in [7, 11) is 0.